The van der Waals surface area contributed by atoms with Crippen LogP contribution in [0.5, 0.6) is 0 Å². The number of hydrogen-bond donors (Lipinski definition) is 1. The molecule has 4 rings (SSSR count). The molecule has 0 fully saturated rings. The second-order valence-electron chi connectivity index (χ2n) is 8.05. The molecule has 1 amide bonds. The van der Waals surface area contributed by atoms with E-state index >= 15 is 0 Å². The van der Waals surface area contributed by atoms with Gasteiger partial charge >= 0.3 is 0 Å². The number of fused-ring (bicyclic) bond motifs is 1. The van der Waals surface area contributed by atoms with Crippen LogP contribution < -0.4 is 5.32 Å². The third-order valence-corrected chi connectivity index (χ3v) is 5.41. The molecule has 1 aromatic heterocycles. The summed E-state index contributed by atoms with van der Waals surface area (Å²) in [7, 11) is 0. The average molecular weight is 398 g/mol. The second kappa shape index (κ2) is 8.54. The van der Waals surface area contributed by atoms with E-state index in [1.807, 2.05) is 49.4 Å². The minimum absolute atomic E-state index is 0.0846. The number of nitrogens with zero attached hydrogens (tertiary/aromatic N) is 2. The van der Waals surface area contributed by atoms with E-state index in [9.17, 15) is 4.79 Å². The van der Waals surface area contributed by atoms with E-state index < -0.39 is 0 Å². The number of benzene rings is 3. The summed E-state index contributed by atoms with van der Waals surface area (Å²) in [5.41, 5.74) is 6.30. The Morgan fingerprint density at radius 3 is 2.50 bits per heavy atom. The van der Waals surface area contributed by atoms with Crippen molar-refractivity contribution in [3.05, 3.63) is 101 Å². The topological polar surface area (TPSA) is 46.9 Å². The van der Waals surface area contributed by atoms with E-state index in [-0.39, 0.29) is 5.91 Å². The number of carbonyl (C=O) groups is 1. The Hall–Kier alpha value is -3.40. The van der Waals surface area contributed by atoms with Crippen LogP contribution in [0.3, 0.4) is 0 Å². The van der Waals surface area contributed by atoms with E-state index in [0.29, 0.717) is 24.6 Å². The Bertz CT molecular complexity index is 1170. The molecule has 152 valence electrons. The zero-order valence-electron chi connectivity index (χ0n) is 17.7. The van der Waals surface area contributed by atoms with Crippen molar-refractivity contribution < 1.29 is 4.79 Å². The molecule has 0 aliphatic rings. The number of hydrogen-bond acceptors (Lipinski definition) is 2. The van der Waals surface area contributed by atoms with Crippen molar-refractivity contribution in [3.63, 3.8) is 0 Å². The third-order valence-electron chi connectivity index (χ3n) is 5.41. The fourth-order valence-electron chi connectivity index (χ4n) is 3.67. The summed E-state index contributed by atoms with van der Waals surface area (Å²) in [6.07, 6.45) is 0. The molecule has 4 heteroatoms. The quantitative estimate of drug-likeness (QED) is 0.470. The van der Waals surface area contributed by atoms with Crippen molar-refractivity contribution in [2.45, 2.75) is 39.8 Å². The van der Waals surface area contributed by atoms with Crippen LogP contribution in [0.25, 0.3) is 11.0 Å². The highest BCUT2D eigenvalue weighted by molar-refractivity contribution is 5.94. The van der Waals surface area contributed by atoms with Gasteiger partial charge in [0.1, 0.15) is 5.82 Å². The zero-order chi connectivity index (χ0) is 21.1. The molecule has 0 aliphatic heterocycles. The molecular weight excluding hydrogens is 370 g/mol. The smallest absolute Gasteiger partial charge is 0.251 e. The standard InChI is InChI=1S/C26H27N3O/c1-18(2)21-13-11-20(12-14-21)17-29-24-10-5-4-9-23(24)28-25(29)16-27-26(30)22-8-6-7-19(3)15-22/h4-15,18H,16-17H2,1-3H3,(H,27,30). The summed E-state index contributed by atoms with van der Waals surface area (Å²) in [6, 6.07) is 24.5. The van der Waals surface area contributed by atoms with Gasteiger partial charge < -0.3 is 9.88 Å². The van der Waals surface area contributed by atoms with E-state index in [1.165, 1.54) is 11.1 Å². The molecule has 0 spiro atoms. The first-order chi connectivity index (χ1) is 14.5. The second-order valence-corrected chi connectivity index (χ2v) is 8.05. The van der Waals surface area contributed by atoms with E-state index in [0.717, 1.165) is 22.4 Å². The van der Waals surface area contributed by atoms with Crippen LogP contribution in [0, 0.1) is 6.92 Å². The maximum atomic E-state index is 12.6. The summed E-state index contributed by atoms with van der Waals surface area (Å²) < 4.78 is 2.19. The van der Waals surface area contributed by atoms with Crippen LogP contribution in [0.2, 0.25) is 0 Å². The highest BCUT2D eigenvalue weighted by atomic mass is 16.1. The fourth-order valence-corrected chi connectivity index (χ4v) is 3.67. The number of carbonyl (C=O) groups excluding carboxylic acids is 1. The van der Waals surface area contributed by atoms with Crippen LogP contribution in [0.4, 0.5) is 0 Å². The number of amides is 1. The average Bonchev–Trinajstić information content (AvgIpc) is 3.10. The van der Waals surface area contributed by atoms with Crippen LogP contribution in [-0.4, -0.2) is 15.5 Å². The highest BCUT2D eigenvalue weighted by Gasteiger charge is 2.13. The summed E-state index contributed by atoms with van der Waals surface area (Å²) >= 11 is 0. The normalized spacial score (nSPS) is 11.2. The monoisotopic (exact) mass is 397 g/mol. The molecule has 30 heavy (non-hydrogen) atoms. The summed E-state index contributed by atoms with van der Waals surface area (Å²) in [5, 5.41) is 3.03. The lowest BCUT2D eigenvalue weighted by atomic mass is 10.0. The van der Waals surface area contributed by atoms with Gasteiger partial charge in [0.2, 0.25) is 0 Å². The molecule has 0 aliphatic carbocycles. The van der Waals surface area contributed by atoms with Gasteiger partial charge in [-0.3, -0.25) is 4.79 Å². The van der Waals surface area contributed by atoms with Crippen molar-refractivity contribution in [2.24, 2.45) is 0 Å². The predicted molar refractivity (Wildman–Crippen MR) is 122 cm³/mol. The highest BCUT2D eigenvalue weighted by Crippen LogP contribution is 2.20. The first-order valence-corrected chi connectivity index (χ1v) is 10.4. The van der Waals surface area contributed by atoms with Crippen LogP contribution >= 0.6 is 0 Å². The number of rotatable bonds is 6. The van der Waals surface area contributed by atoms with Gasteiger partial charge in [-0.05, 0) is 48.2 Å². The van der Waals surface area contributed by atoms with Crippen molar-refractivity contribution in [2.75, 3.05) is 0 Å². The number of imidazole rings is 1. The van der Waals surface area contributed by atoms with Gasteiger partial charge in [0.15, 0.2) is 0 Å². The molecular formula is C26H27N3O. The molecule has 0 atom stereocenters. The lowest BCUT2D eigenvalue weighted by molar-refractivity contribution is 0.0949. The van der Waals surface area contributed by atoms with Gasteiger partial charge in [-0.1, -0.05) is 67.9 Å². The van der Waals surface area contributed by atoms with Gasteiger partial charge in [-0.15, -0.1) is 0 Å². The molecule has 0 radical (unpaired) electrons. The number of para-hydroxylation sites is 2. The Labute approximate surface area is 177 Å². The SMILES string of the molecule is Cc1cccc(C(=O)NCc2nc3ccccc3n2Cc2ccc(C(C)C)cc2)c1. The van der Waals surface area contributed by atoms with Gasteiger partial charge in [-0.25, -0.2) is 4.98 Å². The molecule has 0 unspecified atom stereocenters. The van der Waals surface area contributed by atoms with Gasteiger partial charge in [0.05, 0.1) is 17.6 Å². The van der Waals surface area contributed by atoms with Gasteiger partial charge in [0.25, 0.3) is 5.91 Å². The minimum Gasteiger partial charge on any atom is -0.345 e. The zero-order valence-corrected chi connectivity index (χ0v) is 17.7. The third kappa shape index (κ3) is 4.28. The fraction of sp³-hybridized carbons (Fsp3) is 0.231. The van der Waals surface area contributed by atoms with E-state index in [2.05, 4.69) is 54.1 Å². The molecule has 1 N–H and O–H groups in total. The van der Waals surface area contributed by atoms with Gasteiger partial charge in [0, 0.05) is 12.1 Å². The van der Waals surface area contributed by atoms with E-state index in [1.54, 1.807) is 0 Å². The van der Waals surface area contributed by atoms with Crippen LogP contribution in [0.1, 0.15) is 52.6 Å². The van der Waals surface area contributed by atoms with Gasteiger partial charge in [-0.2, -0.15) is 0 Å². The first kappa shape index (κ1) is 19.9. The lowest BCUT2D eigenvalue weighted by Crippen LogP contribution is -2.25. The summed E-state index contributed by atoms with van der Waals surface area (Å²) in [4.78, 5) is 17.4. The molecule has 3 aromatic carbocycles. The number of aromatic nitrogens is 2. The molecule has 0 saturated heterocycles. The van der Waals surface area contributed by atoms with E-state index in [4.69, 9.17) is 4.98 Å². The lowest BCUT2D eigenvalue weighted by Gasteiger charge is -2.12. The molecule has 4 aromatic rings. The predicted octanol–water partition coefficient (Wildman–Crippen LogP) is 5.45. The maximum Gasteiger partial charge on any atom is 0.251 e. The number of nitrogens with one attached hydrogen (secondary N) is 1. The maximum absolute atomic E-state index is 12.6. The molecule has 4 nitrogen and oxygen atoms in total. The number of aryl methyl sites for hydroxylation is 1. The van der Waals surface area contributed by atoms with Crippen molar-refractivity contribution in [3.8, 4) is 0 Å². The minimum atomic E-state index is -0.0846. The Morgan fingerprint density at radius 1 is 1.00 bits per heavy atom. The Balaban J connectivity index is 1.59. The van der Waals surface area contributed by atoms with Crippen LogP contribution in [0.15, 0.2) is 72.8 Å². The molecule has 0 saturated carbocycles. The van der Waals surface area contributed by atoms with Crippen molar-refractivity contribution >= 4 is 16.9 Å². The largest absolute Gasteiger partial charge is 0.345 e. The Morgan fingerprint density at radius 2 is 1.77 bits per heavy atom. The van der Waals surface area contributed by atoms with Crippen LogP contribution in [-0.2, 0) is 13.1 Å². The summed E-state index contributed by atoms with van der Waals surface area (Å²) in [6.45, 7) is 7.49. The molecule has 0 bridgehead atoms. The van der Waals surface area contributed by atoms with Crippen molar-refractivity contribution in [1.29, 1.82) is 0 Å². The molecule has 1 heterocycles. The Kier molecular flexibility index (Phi) is 5.66. The van der Waals surface area contributed by atoms with Crippen molar-refractivity contribution in [1.82, 2.24) is 14.9 Å². The summed E-state index contributed by atoms with van der Waals surface area (Å²) in [5.74, 6) is 1.28. The first-order valence-electron chi connectivity index (χ1n) is 10.4.